The molecule has 0 saturated carbocycles. The Morgan fingerprint density at radius 2 is 1.67 bits per heavy atom. The molecule has 0 atom stereocenters. The number of hydrogen-bond acceptors (Lipinski definition) is 5. The van der Waals surface area contributed by atoms with E-state index in [0.717, 1.165) is 23.8 Å². The van der Waals surface area contributed by atoms with E-state index in [1.54, 1.807) is 0 Å². The number of phenolic OH excluding ortho intramolecular Hbond substituents is 3. The van der Waals surface area contributed by atoms with Gasteiger partial charge in [0.2, 0.25) is 0 Å². The standard InChI is InChI=1S/C25H28O5/c1-15(2)6-5-7-16(3)8-9-20-21-13-23(17-10-18(26)12-19(27)11-17)30-24(21)14-22(28)25(20)29-4/h6,8,10-14,26-28H,5,7,9H2,1-4H3/b16-8+. The van der Waals surface area contributed by atoms with Crippen LogP contribution in [0, 0.1) is 0 Å². The van der Waals surface area contributed by atoms with Crippen LogP contribution in [0.15, 0.2) is 58.0 Å². The summed E-state index contributed by atoms with van der Waals surface area (Å²) < 4.78 is 11.4. The van der Waals surface area contributed by atoms with E-state index >= 15 is 0 Å². The average molecular weight is 408 g/mol. The first kappa shape index (κ1) is 21.4. The van der Waals surface area contributed by atoms with Gasteiger partial charge in [-0.05, 0) is 58.2 Å². The van der Waals surface area contributed by atoms with Crippen LogP contribution < -0.4 is 4.74 Å². The Kier molecular flexibility index (Phi) is 6.40. The summed E-state index contributed by atoms with van der Waals surface area (Å²) in [6, 6.07) is 7.65. The number of fused-ring (bicyclic) bond motifs is 1. The van der Waals surface area contributed by atoms with Crippen LogP contribution >= 0.6 is 0 Å². The molecule has 3 N–H and O–H groups in total. The Balaban J connectivity index is 2.01. The molecule has 0 unspecified atom stereocenters. The van der Waals surface area contributed by atoms with Crippen molar-refractivity contribution in [3.8, 4) is 34.3 Å². The van der Waals surface area contributed by atoms with Gasteiger partial charge in [0.05, 0.1) is 7.11 Å². The number of ether oxygens (including phenoxy) is 1. The van der Waals surface area contributed by atoms with Gasteiger partial charge in [0.1, 0.15) is 22.8 Å². The summed E-state index contributed by atoms with van der Waals surface area (Å²) in [4.78, 5) is 0. The number of hydrogen-bond donors (Lipinski definition) is 3. The molecule has 0 radical (unpaired) electrons. The minimum atomic E-state index is -0.0546. The number of rotatable bonds is 7. The zero-order valence-electron chi connectivity index (χ0n) is 17.8. The van der Waals surface area contributed by atoms with Gasteiger partial charge in [0, 0.05) is 28.6 Å². The highest BCUT2D eigenvalue weighted by Gasteiger charge is 2.18. The number of allylic oxidation sites excluding steroid dienone is 4. The van der Waals surface area contributed by atoms with E-state index in [1.165, 1.54) is 42.5 Å². The van der Waals surface area contributed by atoms with Gasteiger partial charge < -0.3 is 24.5 Å². The highest BCUT2D eigenvalue weighted by molar-refractivity contribution is 5.90. The molecule has 1 heterocycles. The van der Waals surface area contributed by atoms with Crippen molar-refractivity contribution in [3.63, 3.8) is 0 Å². The lowest BCUT2D eigenvalue weighted by Crippen LogP contribution is -1.93. The molecule has 1 aromatic heterocycles. The van der Waals surface area contributed by atoms with Gasteiger partial charge in [0.15, 0.2) is 11.5 Å². The molecule has 5 heteroatoms. The van der Waals surface area contributed by atoms with Gasteiger partial charge in [-0.15, -0.1) is 0 Å². The molecule has 0 spiro atoms. The number of phenols is 3. The van der Waals surface area contributed by atoms with Crippen molar-refractivity contribution < 1.29 is 24.5 Å². The van der Waals surface area contributed by atoms with Gasteiger partial charge in [-0.2, -0.15) is 0 Å². The second kappa shape index (κ2) is 8.99. The minimum absolute atomic E-state index is 0.00949. The molecule has 0 bridgehead atoms. The Labute approximate surface area is 176 Å². The summed E-state index contributed by atoms with van der Waals surface area (Å²) in [5, 5.41) is 30.8. The Bertz CT molecular complexity index is 1090. The number of furan rings is 1. The van der Waals surface area contributed by atoms with Crippen LogP contribution in [0.3, 0.4) is 0 Å². The summed E-state index contributed by atoms with van der Waals surface area (Å²) in [5.41, 5.74) is 4.45. The monoisotopic (exact) mass is 408 g/mol. The van der Waals surface area contributed by atoms with Crippen LogP contribution in [-0.2, 0) is 6.42 Å². The fraction of sp³-hybridized carbons (Fsp3) is 0.280. The molecule has 158 valence electrons. The quantitative estimate of drug-likeness (QED) is 0.391. The van der Waals surface area contributed by atoms with Crippen LogP contribution in [0.1, 0.15) is 39.2 Å². The van der Waals surface area contributed by atoms with E-state index < -0.39 is 0 Å². The third-order valence-corrected chi connectivity index (χ3v) is 5.00. The maximum atomic E-state index is 10.4. The van der Waals surface area contributed by atoms with E-state index in [2.05, 4.69) is 32.9 Å². The highest BCUT2D eigenvalue weighted by Crippen LogP contribution is 2.41. The van der Waals surface area contributed by atoms with Crippen molar-refractivity contribution in [1.82, 2.24) is 0 Å². The summed E-state index contributed by atoms with van der Waals surface area (Å²) >= 11 is 0. The minimum Gasteiger partial charge on any atom is -0.508 e. The summed E-state index contributed by atoms with van der Waals surface area (Å²) in [5.74, 6) is 0.800. The zero-order valence-corrected chi connectivity index (χ0v) is 17.8. The van der Waals surface area contributed by atoms with Gasteiger partial charge in [-0.25, -0.2) is 0 Å². The third-order valence-electron chi connectivity index (χ3n) is 5.00. The van der Waals surface area contributed by atoms with Crippen molar-refractivity contribution in [2.24, 2.45) is 0 Å². The molecule has 0 saturated heterocycles. The van der Waals surface area contributed by atoms with Gasteiger partial charge in [-0.3, -0.25) is 0 Å². The predicted molar refractivity (Wildman–Crippen MR) is 119 cm³/mol. The SMILES string of the molecule is COc1c(O)cc2oc(-c3cc(O)cc(O)c3)cc2c1C/C=C(\C)CCC=C(C)C. The highest BCUT2D eigenvalue weighted by atomic mass is 16.5. The van der Waals surface area contributed by atoms with Gasteiger partial charge in [-0.1, -0.05) is 23.3 Å². The van der Waals surface area contributed by atoms with Crippen LogP contribution in [0.5, 0.6) is 23.0 Å². The lowest BCUT2D eigenvalue weighted by atomic mass is 10.0. The van der Waals surface area contributed by atoms with E-state index in [4.69, 9.17) is 9.15 Å². The predicted octanol–water partition coefficient (Wildman–Crippen LogP) is 6.46. The fourth-order valence-corrected chi connectivity index (χ4v) is 3.49. The number of methoxy groups -OCH3 is 1. The molecular weight excluding hydrogens is 380 g/mol. The van der Waals surface area contributed by atoms with E-state index in [9.17, 15) is 15.3 Å². The smallest absolute Gasteiger partial charge is 0.164 e. The molecule has 0 aliphatic carbocycles. The fourth-order valence-electron chi connectivity index (χ4n) is 3.49. The second-order valence-electron chi connectivity index (χ2n) is 7.74. The van der Waals surface area contributed by atoms with Crippen molar-refractivity contribution in [2.45, 2.75) is 40.0 Å². The van der Waals surface area contributed by atoms with Gasteiger partial charge >= 0.3 is 0 Å². The lowest BCUT2D eigenvalue weighted by molar-refractivity contribution is 0.370. The van der Waals surface area contributed by atoms with E-state index in [1.807, 2.05) is 6.07 Å². The average Bonchev–Trinajstić information content (AvgIpc) is 3.08. The Hall–Kier alpha value is -3.34. The number of benzene rings is 2. The van der Waals surface area contributed by atoms with Crippen LogP contribution in [-0.4, -0.2) is 22.4 Å². The summed E-state index contributed by atoms with van der Waals surface area (Å²) in [6.45, 7) is 6.29. The molecular formula is C25H28O5. The molecule has 0 amide bonds. The maximum absolute atomic E-state index is 10.4. The first-order valence-corrected chi connectivity index (χ1v) is 9.93. The molecule has 5 nitrogen and oxygen atoms in total. The topological polar surface area (TPSA) is 83.1 Å². The van der Waals surface area contributed by atoms with Crippen LogP contribution in [0.2, 0.25) is 0 Å². The first-order chi connectivity index (χ1) is 14.3. The Morgan fingerprint density at radius 3 is 2.30 bits per heavy atom. The molecule has 0 aliphatic heterocycles. The largest absolute Gasteiger partial charge is 0.508 e. The third kappa shape index (κ3) is 4.79. The zero-order chi connectivity index (χ0) is 21.8. The van der Waals surface area contributed by atoms with Crippen molar-refractivity contribution >= 4 is 11.0 Å². The number of aromatic hydroxyl groups is 3. The summed E-state index contributed by atoms with van der Waals surface area (Å²) in [7, 11) is 1.53. The van der Waals surface area contributed by atoms with Crippen molar-refractivity contribution in [1.29, 1.82) is 0 Å². The van der Waals surface area contributed by atoms with Gasteiger partial charge in [0.25, 0.3) is 0 Å². The summed E-state index contributed by atoms with van der Waals surface area (Å²) in [6.07, 6.45) is 6.90. The van der Waals surface area contributed by atoms with E-state index in [-0.39, 0.29) is 17.2 Å². The van der Waals surface area contributed by atoms with Crippen LogP contribution in [0.25, 0.3) is 22.3 Å². The molecule has 0 aliphatic rings. The van der Waals surface area contributed by atoms with Crippen LogP contribution in [0.4, 0.5) is 0 Å². The van der Waals surface area contributed by atoms with Crippen molar-refractivity contribution in [2.75, 3.05) is 7.11 Å². The normalized spacial score (nSPS) is 11.7. The first-order valence-electron chi connectivity index (χ1n) is 9.93. The van der Waals surface area contributed by atoms with E-state index in [0.29, 0.717) is 29.1 Å². The molecule has 3 aromatic rings. The maximum Gasteiger partial charge on any atom is 0.164 e. The molecule has 3 rings (SSSR count). The molecule has 30 heavy (non-hydrogen) atoms. The second-order valence-corrected chi connectivity index (χ2v) is 7.74. The Morgan fingerprint density at radius 1 is 0.967 bits per heavy atom. The van der Waals surface area contributed by atoms with Crippen molar-refractivity contribution in [3.05, 3.63) is 59.2 Å². The molecule has 2 aromatic carbocycles. The molecule has 0 fully saturated rings. The lowest BCUT2D eigenvalue weighted by Gasteiger charge is -2.10.